The third kappa shape index (κ3) is 3.94. The van der Waals surface area contributed by atoms with Gasteiger partial charge in [-0.1, -0.05) is 35.5 Å². The van der Waals surface area contributed by atoms with Crippen LogP contribution in [0.1, 0.15) is 6.42 Å². The van der Waals surface area contributed by atoms with Gasteiger partial charge in [0.1, 0.15) is 18.2 Å². The zero-order valence-corrected chi connectivity index (χ0v) is 16.4. The topological polar surface area (TPSA) is 71.4 Å². The molecule has 0 N–H and O–H groups in total. The van der Waals surface area contributed by atoms with Gasteiger partial charge in [0.15, 0.2) is 0 Å². The number of hydrogen-bond acceptors (Lipinski definition) is 6. The molecule has 7 nitrogen and oxygen atoms in total. The monoisotopic (exact) mass is 441 g/mol. The maximum absolute atomic E-state index is 13.2. The molecule has 2 aromatic rings. The molecule has 1 saturated heterocycles. The number of rotatable bonds is 5. The van der Waals surface area contributed by atoms with Crippen molar-refractivity contribution in [1.29, 1.82) is 0 Å². The summed E-state index contributed by atoms with van der Waals surface area (Å²) in [4.78, 5) is 5.47. The van der Waals surface area contributed by atoms with Crippen molar-refractivity contribution in [3.63, 3.8) is 0 Å². The number of sulfonamides is 1. The molecule has 4 rings (SSSR count). The Balaban J connectivity index is 1.51. The molecule has 2 heterocycles. The van der Waals surface area contributed by atoms with E-state index in [0.29, 0.717) is 6.42 Å². The minimum Gasteiger partial charge on any atom is -0.487 e. The second-order valence-corrected chi connectivity index (χ2v) is 8.74. The van der Waals surface area contributed by atoms with Crippen LogP contribution >= 0.6 is 0 Å². The van der Waals surface area contributed by atoms with Gasteiger partial charge in [-0.2, -0.15) is 17.5 Å². The fraction of sp³-hybridized carbons (Fsp3) is 0.316. The fourth-order valence-electron chi connectivity index (χ4n) is 3.36. The third-order valence-electron chi connectivity index (χ3n) is 4.79. The number of benzene rings is 2. The lowest BCUT2D eigenvalue weighted by molar-refractivity contribution is -0.211. The highest BCUT2D eigenvalue weighted by Crippen LogP contribution is 2.37. The lowest BCUT2D eigenvalue weighted by Crippen LogP contribution is -2.43. The summed E-state index contributed by atoms with van der Waals surface area (Å²) < 4.78 is 72.4. The van der Waals surface area contributed by atoms with E-state index in [4.69, 9.17) is 4.74 Å². The van der Waals surface area contributed by atoms with E-state index in [2.05, 4.69) is 9.99 Å². The molecule has 0 bridgehead atoms. The summed E-state index contributed by atoms with van der Waals surface area (Å²) in [6.07, 6.45) is -6.05. The van der Waals surface area contributed by atoms with Crippen LogP contribution in [-0.2, 0) is 14.9 Å². The van der Waals surface area contributed by atoms with E-state index < -0.39 is 28.5 Å². The number of anilines is 1. The molecule has 2 aliphatic rings. The van der Waals surface area contributed by atoms with E-state index in [1.807, 2.05) is 0 Å². The Morgan fingerprint density at radius 3 is 2.50 bits per heavy atom. The van der Waals surface area contributed by atoms with Crippen LogP contribution in [0.2, 0.25) is 0 Å². The van der Waals surface area contributed by atoms with Gasteiger partial charge in [0.05, 0.1) is 17.1 Å². The van der Waals surface area contributed by atoms with Crippen LogP contribution in [0.5, 0.6) is 5.75 Å². The SMILES string of the molecule is O=S(=O)(c1ccccc1)N1CCC(Oc2ccccc2N2C=NOC2C(F)(F)F)C1. The maximum Gasteiger partial charge on any atom is 0.448 e. The molecule has 2 atom stereocenters. The van der Waals surface area contributed by atoms with Gasteiger partial charge < -0.3 is 9.57 Å². The average Bonchev–Trinajstić information content (AvgIpc) is 3.39. The Kier molecular flexibility index (Phi) is 5.33. The lowest BCUT2D eigenvalue weighted by Gasteiger charge is -2.26. The molecule has 0 radical (unpaired) electrons. The molecule has 160 valence electrons. The summed E-state index contributed by atoms with van der Waals surface area (Å²) in [5, 5.41) is 3.28. The van der Waals surface area contributed by atoms with E-state index in [-0.39, 0.29) is 29.4 Å². The molecule has 30 heavy (non-hydrogen) atoms. The maximum atomic E-state index is 13.2. The summed E-state index contributed by atoms with van der Waals surface area (Å²) >= 11 is 0. The molecule has 2 aromatic carbocycles. The van der Waals surface area contributed by atoms with Gasteiger partial charge in [0.25, 0.3) is 0 Å². The zero-order chi connectivity index (χ0) is 21.4. The van der Waals surface area contributed by atoms with Gasteiger partial charge in [-0.15, -0.1) is 0 Å². The van der Waals surface area contributed by atoms with Gasteiger partial charge in [0.2, 0.25) is 10.0 Å². The van der Waals surface area contributed by atoms with Crippen LogP contribution in [0.3, 0.4) is 0 Å². The van der Waals surface area contributed by atoms with Crippen molar-refractivity contribution >= 4 is 22.0 Å². The molecule has 11 heteroatoms. The van der Waals surface area contributed by atoms with Crippen LogP contribution in [0.25, 0.3) is 0 Å². The minimum absolute atomic E-state index is 0.0961. The van der Waals surface area contributed by atoms with Gasteiger partial charge >= 0.3 is 12.4 Å². The van der Waals surface area contributed by atoms with Crippen molar-refractivity contribution in [1.82, 2.24) is 4.31 Å². The second kappa shape index (κ2) is 7.80. The van der Waals surface area contributed by atoms with Gasteiger partial charge in [0, 0.05) is 6.54 Å². The quantitative estimate of drug-likeness (QED) is 0.713. The van der Waals surface area contributed by atoms with Gasteiger partial charge in [-0.25, -0.2) is 8.42 Å². The summed E-state index contributed by atoms with van der Waals surface area (Å²) in [6, 6.07) is 14.2. The summed E-state index contributed by atoms with van der Waals surface area (Å²) in [5.41, 5.74) is 0.130. The minimum atomic E-state index is -4.66. The molecule has 2 unspecified atom stereocenters. The normalized spacial score (nSPS) is 22.3. The number of nitrogens with zero attached hydrogens (tertiary/aromatic N) is 3. The van der Waals surface area contributed by atoms with Gasteiger partial charge in [-0.05, 0) is 30.7 Å². The molecule has 0 aliphatic carbocycles. The van der Waals surface area contributed by atoms with E-state index in [0.717, 1.165) is 11.2 Å². The Bertz CT molecular complexity index is 1030. The van der Waals surface area contributed by atoms with Crippen LogP contribution in [0.4, 0.5) is 18.9 Å². The number of alkyl halides is 3. The number of ether oxygens (including phenoxy) is 1. The lowest BCUT2D eigenvalue weighted by atomic mass is 10.2. The average molecular weight is 441 g/mol. The molecule has 2 aliphatic heterocycles. The predicted octanol–water partition coefficient (Wildman–Crippen LogP) is 3.20. The summed E-state index contributed by atoms with van der Waals surface area (Å²) in [7, 11) is -3.66. The van der Waals surface area contributed by atoms with Crippen molar-refractivity contribution in [2.24, 2.45) is 5.16 Å². The Hall–Kier alpha value is -2.79. The molecule has 0 saturated carbocycles. The molecular formula is C19H18F3N3O4S. The molecule has 0 amide bonds. The Morgan fingerprint density at radius 2 is 1.77 bits per heavy atom. The van der Waals surface area contributed by atoms with Crippen LogP contribution in [0.15, 0.2) is 64.6 Å². The third-order valence-corrected chi connectivity index (χ3v) is 6.67. The highest BCUT2D eigenvalue weighted by molar-refractivity contribution is 7.89. The van der Waals surface area contributed by atoms with E-state index >= 15 is 0 Å². The highest BCUT2D eigenvalue weighted by atomic mass is 32.2. The predicted molar refractivity (Wildman–Crippen MR) is 103 cm³/mol. The van der Waals surface area contributed by atoms with Gasteiger partial charge in [-0.3, -0.25) is 4.90 Å². The first kappa shape index (κ1) is 20.5. The first-order valence-corrected chi connectivity index (χ1v) is 10.6. The zero-order valence-electron chi connectivity index (χ0n) is 15.6. The van der Waals surface area contributed by atoms with Crippen molar-refractivity contribution in [3.8, 4) is 5.75 Å². The molecule has 0 spiro atoms. The number of para-hydroxylation sites is 2. The van der Waals surface area contributed by atoms with Crippen LogP contribution < -0.4 is 9.64 Å². The summed E-state index contributed by atoms with van der Waals surface area (Å²) in [5.74, 6) is 0.188. The first-order chi connectivity index (χ1) is 14.3. The van der Waals surface area contributed by atoms with E-state index in [1.165, 1.54) is 28.6 Å². The largest absolute Gasteiger partial charge is 0.487 e. The molecule has 1 fully saturated rings. The van der Waals surface area contributed by atoms with Crippen molar-refractivity contribution in [2.75, 3.05) is 18.0 Å². The molecular weight excluding hydrogens is 423 g/mol. The number of oxime groups is 1. The van der Waals surface area contributed by atoms with Crippen molar-refractivity contribution < 1.29 is 31.2 Å². The number of hydrogen-bond donors (Lipinski definition) is 0. The molecule has 0 aromatic heterocycles. The van der Waals surface area contributed by atoms with E-state index in [1.54, 1.807) is 30.3 Å². The Labute approximate surface area is 171 Å². The summed E-state index contributed by atoms with van der Waals surface area (Å²) in [6.45, 7) is 0.350. The van der Waals surface area contributed by atoms with Crippen LogP contribution in [-0.4, -0.2) is 50.7 Å². The van der Waals surface area contributed by atoms with Crippen LogP contribution in [0, 0.1) is 0 Å². The first-order valence-electron chi connectivity index (χ1n) is 9.12. The smallest absolute Gasteiger partial charge is 0.448 e. The standard InChI is InChI=1S/C19H18F3N3O4S/c20-19(21,22)18-25(13-23-29-18)16-8-4-5-9-17(16)28-14-10-11-24(12-14)30(26,27)15-6-2-1-3-7-15/h1-9,13-14,18H,10-12H2. The fourth-order valence-corrected chi connectivity index (χ4v) is 4.86. The highest BCUT2D eigenvalue weighted by Gasteiger charge is 2.49. The van der Waals surface area contributed by atoms with E-state index in [9.17, 15) is 21.6 Å². The van der Waals surface area contributed by atoms with Crippen molar-refractivity contribution in [2.45, 2.75) is 29.8 Å². The second-order valence-electron chi connectivity index (χ2n) is 6.80. The van der Waals surface area contributed by atoms with Crippen molar-refractivity contribution in [3.05, 3.63) is 54.6 Å². The number of halogens is 3. The Morgan fingerprint density at radius 1 is 1.07 bits per heavy atom.